The fourth-order valence-corrected chi connectivity index (χ4v) is 9.28. The highest BCUT2D eigenvalue weighted by molar-refractivity contribution is 5.80. The van der Waals surface area contributed by atoms with Gasteiger partial charge < -0.3 is 25.7 Å². The van der Waals surface area contributed by atoms with Crippen molar-refractivity contribution in [2.24, 2.45) is 0 Å². The number of carbonyl (C=O) groups excluding carboxylic acids is 1. The van der Waals surface area contributed by atoms with Gasteiger partial charge in [0.1, 0.15) is 12.2 Å². The quantitative estimate of drug-likeness (QED) is 0.0308. The summed E-state index contributed by atoms with van der Waals surface area (Å²) in [5.41, 5.74) is 0. The van der Waals surface area contributed by atoms with Gasteiger partial charge in [0.15, 0.2) is 0 Å². The maximum absolute atomic E-state index is 12.6. The highest BCUT2D eigenvalue weighted by Gasteiger charge is 2.28. The fraction of sp³-hybridized carbons (Fsp3) is 0.855. The number of hydrogen-bond donors (Lipinski definition) is 5. The van der Waals surface area contributed by atoms with Crippen LogP contribution in [0.1, 0.15) is 309 Å². The van der Waals surface area contributed by atoms with Crippen molar-refractivity contribution in [3.05, 3.63) is 48.6 Å². The molecule has 400 valence electrons. The average molecular weight is 957 g/mol. The lowest BCUT2D eigenvalue weighted by Gasteiger charge is -2.27. The van der Waals surface area contributed by atoms with Crippen LogP contribution in [0, 0.1) is 0 Å². The van der Waals surface area contributed by atoms with Crippen molar-refractivity contribution in [3.8, 4) is 0 Å². The largest absolute Gasteiger partial charge is 0.394 e. The van der Waals surface area contributed by atoms with Gasteiger partial charge in [-0.15, -0.1) is 0 Å². The lowest BCUT2D eigenvalue weighted by atomic mass is 10.00. The molecule has 0 bridgehead atoms. The summed E-state index contributed by atoms with van der Waals surface area (Å²) in [5.74, 6) is -0.600. The number of nitrogens with one attached hydrogen (secondary N) is 1. The summed E-state index contributed by atoms with van der Waals surface area (Å²) in [4.78, 5) is 12.6. The number of aliphatic hydroxyl groups excluding tert-OH is 4. The van der Waals surface area contributed by atoms with Crippen LogP contribution in [-0.2, 0) is 4.79 Å². The van der Waals surface area contributed by atoms with Crippen LogP contribution in [0.3, 0.4) is 0 Å². The second-order valence-electron chi connectivity index (χ2n) is 20.7. The molecule has 0 fully saturated rings. The average Bonchev–Trinajstić information content (AvgIpc) is 3.34. The number of unbranched alkanes of at least 4 members (excludes halogenated alkanes) is 38. The van der Waals surface area contributed by atoms with Crippen LogP contribution in [0.25, 0.3) is 0 Å². The summed E-state index contributed by atoms with van der Waals surface area (Å²) in [6.07, 6.45) is 71.9. The smallest absolute Gasteiger partial charge is 0.249 e. The van der Waals surface area contributed by atoms with Crippen molar-refractivity contribution in [1.82, 2.24) is 5.32 Å². The van der Waals surface area contributed by atoms with Gasteiger partial charge in [0.25, 0.3) is 0 Å². The first-order valence-electron chi connectivity index (χ1n) is 30.0. The monoisotopic (exact) mass is 956 g/mol. The van der Waals surface area contributed by atoms with E-state index in [1.54, 1.807) is 0 Å². The lowest BCUT2D eigenvalue weighted by Crippen LogP contribution is -2.53. The van der Waals surface area contributed by atoms with Gasteiger partial charge in [0, 0.05) is 0 Å². The molecule has 1 amide bonds. The van der Waals surface area contributed by atoms with Crippen LogP contribution in [0.4, 0.5) is 0 Å². The molecule has 0 aliphatic heterocycles. The minimum absolute atomic E-state index is 0.352. The van der Waals surface area contributed by atoms with E-state index in [1.807, 2.05) is 0 Å². The molecule has 0 saturated heterocycles. The molecule has 6 nitrogen and oxygen atoms in total. The molecule has 0 aromatic carbocycles. The number of rotatable bonds is 55. The summed E-state index contributed by atoms with van der Waals surface area (Å²) < 4.78 is 0. The van der Waals surface area contributed by atoms with E-state index in [9.17, 15) is 25.2 Å². The Labute approximate surface area is 423 Å². The first kappa shape index (κ1) is 66.3. The second kappa shape index (κ2) is 56.2. The summed E-state index contributed by atoms with van der Waals surface area (Å²) in [6.45, 7) is 4.07. The molecular formula is C62H117NO5. The number of amides is 1. The molecule has 6 heteroatoms. The number of allylic oxidation sites excluding steroid dienone is 8. The van der Waals surface area contributed by atoms with Crippen molar-refractivity contribution in [1.29, 1.82) is 0 Å². The molecule has 4 unspecified atom stereocenters. The Morgan fingerprint density at radius 1 is 0.368 bits per heavy atom. The van der Waals surface area contributed by atoms with E-state index in [4.69, 9.17) is 0 Å². The maximum atomic E-state index is 12.6. The van der Waals surface area contributed by atoms with Gasteiger partial charge in [-0.1, -0.05) is 274 Å². The Bertz CT molecular complexity index is 1120. The van der Waals surface area contributed by atoms with E-state index in [-0.39, 0.29) is 0 Å². The zero-order valence-corrected chi connectivity index (χ0v) is 45.4. The van der Waals surface area contributed by atoms with Crippen LogP contribution < -0.4 is 5.32 Å². The van der Waals surface area contributed by atoms with Gasteiger partial charge in [0.05, 0.1) is 18.8 Å². The van der Waals surface area contributed by atoms with Crippen molar-refractivity contribution >= 4 is 5.91 Å². The lowest BCUT2D eigenvalue weighted by molar-refractivity contribution is -0.132. The molecule has 4 atom stereocenters. The molecule has 68 heavy (non-hydrogen) atoms. The van der Waals surface area contributed by atoms with Crippen molar-refractivity contribution < 1.29 is 25.2 Å². The minimum atomic E-state index is -1.29. The summed E-state index contributed by atoms with van der Waals surface area (Å²) in [6, 6.07) is -1.01. The van der Waals surface area contributed by atoms with Gasteiger partial charge in [-0.2, -0.15) is 0 Å². The third-order valence-corrected chi connectivity index (χ3v) is 14.0. The SMILES string of the molecule is CCCCCCCCCCC/C=C\C/C=C\CCCCCCCCCCC(O)C(=O)NC(CO)C(O)C(O)CCC/C=C/CC/C=C/CCCCCCCCCCCCCCCCCCCCC. The maximum Gasteiger partial charge on any atom is 0.249 e. The second-order valence-corrected chi connectivity index (χ2v) is 20.7. The van der Waals surface area contributed by atoms with Crippen LogP contribution >= 0.6 is 0 Å². The topological polar surface area (TPSA) is 110 Å². The molecule has 0 saturated carbocycles. The molecule has 0 aromatic heterocycles. The molecule has 0 aliphatic carbocycles. The van der Waals surface area contributed by atoms with E-state index in [2.05, 4.69) is 67.8 Å². The molecule has 0 heterocycles. The Morgan fingerprint density at radius 3 is 1.01 bits per heavy atom. The summed E-state index contributed by atoms with van der Waals surface area (Å²) >= 11 is 0. The third kappa shape index (κ3) is 49.3. The van der Waals surface area contributed by atoms with Crippen LogP contribution in [0.2, 0.25) is 0 Å². The molecule has 0 aliphatic rings. The van der Waals surface area contributed by atoms with Crippen LogP contribution in [0.15, 0.2) is 48.6 Å². The Morgan fingerprint density at radius 2 is 0.662 bits per heavy atom. The first-order valence-corrected chi connectivity index (χ1v) is 30.0. The van der Waals surface area contributed by atoms with Gasteiger partial charge in [0.2, 0.25) is 5.91 Å². The Hall–Kier alpha value is -1.73. The summed E-state index contributed by atoms with van der Waals surface area (Å²) in [7, 11) is 0. The number of aliphatic hydroxyl groups is 4. The van der Waals surface area contributed by atoms with E-state index in [0.29, 0.717) is 19.3 Å². The molecule has 0 spiro atoms. The predicted octanol–water partition coefficient (Wildman–Crippen LogP) is 17.8. The first-order chi connectivity index (χ1) is 33.5. The van der Waals surface area contributed by atoms with Crippen LogP contribution in [0.5, 0.6) is 0 Å². The van der Waals surface area contributed by atoms with Crippen molar-refractivity contribution in [2.45, 2.75) is 334 Å². The predicted molar refractivity (Wildman–Crippen MR) is 297 cm³/mol. The molecule has 0 aromatic rings. The van der Waals surface area contributed by atoms with Gasteiger partial charge in [-0.05, 0) is 83.5 Å². The van der Waals surface area contributed by atoms with Gasteiger partial charge in [-0.3, -0.25) is 4.79 Å². The van der Waals surface area contributed by atoms with Gasteiger partial charge in [-0.25, -0.2) is 0 Å². The molecular weight excluding hydrogens is 839 g/mol. The Balaban J connectivity index is 3.69. The highest BCUT2D eigenvalue weighted by Crippen LogP contribution is 2.17. The Kier molecular flexibility index (Phi) is 54.8. The normalized spacial score (nSPS) is 14.0. The van der Waals surface area contributed by atoms with E-state index in [0.717, 1.165) is 51.4 Å². The zero-order chi connectivity index (χ0) is 49.5. The number of carbonyl (C=O) groups is 1. The summed E-state index contributed by atoms with van der Waals surface area (Å²) in [5, 5.41) is 44.0. The molecule has 0 rings (SSSR count). The highest BCUT2D eigenvalue weighted by atomic mass is 16.3. The minimum Gasteiger partial charge on any atom is -0.394 e. The van der Waals surface area contributed by atoms with E-state index in [1.165, 1.54) is 225 Å². The van der Waals surface area contributed by atoms with Gasteiger partial charge >= 0.3 is 0 Å². The molecule has 5 N–H and O–H groups in total. The van der Waals surface area contributed by atoms with E-state index < -0.39 is 36.9 Å². The molecule has 0 radical (unpaired) electrons. The fourth-order valence-electron chi connectivity index (χ4n) is 9.28. The third-order valence-electron chi connectivity index (χ3n) is 14.0. The van der Waals surface area contributed by atoms with Crippen molar-refractivity contribution in [3.63, 3.8) is 0 Å². The standard InChI is InChI=1S/C62H117NO5/c1-3-5-7-9-11-13-15-17-19-21-23-25-27-29-30-31-32-34-35-37-39-41-43-45-47-49-51-53-55-59(65)61(67)58(57-64)63-62(68)60(66)56-54-52-50-48-46-44-42-40-38-36-33-28-26-24-22-20-18-16-14-12-10-8-6-4-2/h24,26,33,36,39,41,47,49,58-61,64-67H,3-23,25,27-32,34-35,37-38,40,42-46,48,50-57H2,1-2H3,(H,63,68)/b26-24-,36-33-,41-39+,49-47+. The zero-order valence-electron chi connectivity index (χ0n) is 45.4. The van der Waals surface area contributed by atoms with Crippen molar-refractivity contribution in [2.75, 3.05) is 6.61 Å². The number of hydrogen-bond acceptors (Lipinski definition) is 5. The van der Waals surface area contributed by atoms with E-state index >= 15 is 0 Å². The van der Waals surface area contributed by atoms with Crippen LogP contribution in [-0.4, -0.2) is 57.3 Å².